The first-order valence-corrected chi connectivity index (χ1v) is 11.6. The molecule has 148 valence electrons. The van der Waals surface area contributed by atoms with Gasteiger partial charge in [0.1, 0.15) is 13.1 Å². The van der Waals surface area contributed by atoms with E-state index in [0.29, 0.717) is 0 Å². The summed E-state index contributed by atoms with van der Waals surface area (Å²) in [5, 5.41) is 0. The molecule has 0 N–H and O–H groups in total. The summed E-state index contributed by atoms with van der Waals surface area (Å²) in [4.78, 5) is 2.56. The predicted molar refractivity (Wildman–Crippen MR) is 113 cm³/mol. The number of amidine groups is 1. The van der Waals surface area contributed by atoms with E-state index < -0.39 is 0 Å². The third-order valence-corrected chi connectivity index (χ3v) is 5.90. The molecule has 0 radical (unpaired) electrons. The number of hydrogen-bond acceptors (Lipinski definition) is 1. The van der Waals surface area contributed by atoms with E-state index in [4.69, 9.17) is 0 Å². The average Bonchev–Trinajstić information content (AvgIpc) is 2.98. The number of likely N-dealkylation sites (N-methyl/N-ethyl adjacent to an activating group) is 2. The first-order valence-electron chi connectivity index (χ1n) is 11.6. The minimum atomic E-state index is 1.18. The second-order valence-electron chi connectivity index (χ2n) is 8.12. The lowest BCUT2D eigenvalue weighted by atomic mass is 10.0. The van der Waals surface area contributed by atoms with Crippen molar-refractivity contribution < 1.29 is 4.58 Å². The molecule has 0 aromatic rings. The van der Waals surface area contributed by atoms with Crippen LogP contribution < -0.4 is 0 Å². The Morgan fingerprint density at radius 1 is 0.680 bits per heavy atom. The number of rotatable bonds is 17. The highest BCUT2D eigenvalue weighted by molar-refractivity contribution is 5.78. The Morgan fingerprint density at radius 3 is 1.56 bits per heavy atom. The van der Waals surface area contributed by atoms with Gasteiger partial charge in [-0.1, -0.05) is 96.8 Å². The second kappa shape index (κ2) is 15.7. The molecular weight excluding hydrogens is 304 g/mol. The van der Waals surface area contributed by atoms with Crippen LogP contribution in [0.1, 0.15) is 117 Å². The van der Waals surface area contributed by atoms with Gasteiger partial charge < -0.3 is 0 Å². The summed E-state index contributed by atoms with van der Waals surface area (Å²) in [6.07, 6.45) is 23.1. The maximum absolute atomic E-state index is 2.56. The fraction of sp³-hybridized carbons (Fsp3) is 0.957. The highest BCUT2D eigenvalue weighted by Gasteiger charge is 2.25. The largest absolute Gasteiger partial charge is 0.264 e. The lowest BCUT2D eigenvalue weighted by molar-refractivity contribution is -0.487. The molecule has 1 aliphatic rings. The Labute approximate surface area is 159 Å². The van der Waals surface area contributed by atoms with Crippen LogP contribution in [0.3, 0.4) is 0 Å². The van der Waals surface area contributed by atoms with Crippen molar-refractivity contribution in [1.29, 1.82) is 0 Å². The standard InChI is InChI=1S/C23H47N2/c1-4-6-7-8-9-10-11-12-13-14-15-16-17-18-19-20-23-24(3)21-22-25(23)5-2/h4-22H2,1-3H3/q+1. The van der Waals surface area contributed by atoms with Gasteiger partial charge in [0.25, 0.3) is 0 Å². The summed E-state index contributed by atoms with van der Waals surface area (Å²) in [7, 11) is 2.26. The van der Waals surface area contributed by atoms with Gasteiger partial charge in [-0.3, -0.25) is 9.48 Å². The van der Waals surface area contributed by atoms with E-state index in [0.717, 1.165) is 0 Å². The molecule has 0 saturated carbocycles. The van der Waals surface area contributed by atoms with E-state index in [1.54, 1.807) is 5.84 Å². The smallest absolute Gasteiger partial charge is 0.246 e. The van der Waals surface area contributed by atoms with Gasteiger partial charge in [0.2, 0.25) is 5.84 Å². The zero-order chi connectivity index (χ0) is 18.2. The summed E-state index contributed by atoms with van der Waals surface area (Å²) >= 11 is 0. The minimum Gasteiger partial charge on any atom is -0.264 e. The van der Waals surface area contributed by atoms with Crippen LogP contribution in [0.4, 0.5) is 0 Å². The Morgan fingerprint density at radius 2 is 1.12 bits per heavy atom. The van der Waals surface area contributed by atoms with Gasteiger partial charge in [0.05, 0.1) is 13.6 Å². The van der Waals surface area contributed by atoms with Crippen LogP contribution in [0.2, 0.25) is 0 Å². The molecule has 0 unspecified atom stereocenters. The van der Waals surface area contributed by atoms with Crippen molar-refractivity contribution in [3.63, 3.8) is 0 Å². The first-order chi connectivity index (χ1) is 12.3. The molecule has 25 heavy (non-hydrogen) atoms. The van der Waals surface area contributed by atoms with Gasteiger partial charge in [0.15, 0.2) is 0 Å². The van der Waals surface area contributed by atoms with E-state index in [2.05, 4.69) is 30.4 Å². The molecule has 0 aromatic heterocycles. The SMILES string of the molecule is CCCCCCCCCCCCCCCCCC1=[N+](C)CCN1CC. The van der Waals surface area contributed by atoms with E-state index in [9.17, 15) is 0 Å². The molecule has 2 nitrogen and oxygen atoms in total. The Bertz CT molecular complexity index is 335. The third kappa shape index (κ3) is 10.9. The van der Waals surface area contributed by atoms with Crippen molar-refractivity contribution in [1.82, 2.24) is 4.90 Å². The Hall–Kier alpha value is -0.530. The normalized spacial score (nSPS) is 14.8. The second-order valence-corrected chi connectivity index (χ2v) is 8.12. The highest BCUT2D eigenvalue weighted by atomic mass is 15.3. The van der Waals surface area contributed by atoms with Gasteiger partial charge in [-0.05, 0) is 13.3 Å². The number of nitrogens with zero attached hydrogens (tertiary/aromatic N) is 2. The minimum absolute atomic E-state index is 1.18. The van der Waals surface area contributed by atoms with Crippen molar-refractivity contribution in [2.24, 2.45) is 0 Å². The highest BCUT2D eigenvalue weighted by Crippen LogP contribution is 2.14. The maximum Gasteiger partial charge on any atom is 0.246 e. The molecule has 1 aliphatic heterocycles. The van der Waals surface area contributed by atoms with Crippen LogP contribution in [-0.2, 0) is 0 Å². The van der Waals surface area contributed by atoms with Gasteiger partial charge in [-0.2, -0.15) is 0 Å². The van der Waals surface area contributed by atoms with E-state index in [1.807, 2.05) is 0 Å². The molecule has 0 fully saturated rings. The predicted octanol–water partition coefficient (Wildman–Crippen LogP) is 6.62. The molecule has 1 rings (SSSR count). The lowest BCUT2D eigenvalue weighted by Crippen LogP contribution is -2.28. The zero-order valence-corrected chi connectivity index (χ0v) is 17.8. The summed E-state index contributed by atoms with van der Waals surface area (Å²) in [6, 6.07) is 0. The Kier molecular flexibility index (Phi) is 14.1. The topological polar surface area (TPSA) is 6.25 Å². The van der Waals surface area contributed by atoms with Crippen LogP contribution >= 0.6 is 0 Å². The van der Waals surface area contributed by atoms with Gasteiger partial charge in [0, 0.05) is 6.42 Å². The van der Waals surface area contributed by atoms with Crippen molar-refractivity contribution in [3.05, 3.63) is 0 Å². The van der Waals surface area contributed by atoms with Crippen LogP contribution in [0.15, 0.2) is 0 Å². The molecule has 0 bridgehead atoms. The van der Waals surface area contributed by atoms with Crippen LogP contribution in [0.5, 0.6) is 0 Å². The fourth-order valence-electron chi connectivity index (χ4n) is 4.11. The monoisotopic (exact) mass is 351 g/mol. The molecule has 1 heterocycles. The molecule has 2 heteroatoms. The van der Waals surface area contributed by atoms with Crippen LogP contribution in [0.25, 0.3) is 0 Å². The lowest BCUT2D eigenvalue weighted by Gasteiger charge is -2.10. The van der Waals surface area contributed by atoms with Gasteiger partial charge in [-0.15, -0.1) is 0 Å². The van der Waals surface area contributed by atoms with E-state index in [1.165, 1.54) is 122 Å². The zero-order valence-electron chi connectivity index (χ0n) is 17.8. The van der Waals surface area contributed by atoms with Gasteiger partial charge >= 0.3 is 0 Å². The van der Waals surface area contributed by atoms with Crippen LogP contribution in [-0.4, -0.2) is 42.0 Å². The molecular formula is C23H47N2+. The fourth-order valence-corrected chi connectivity index (χ4v) is 4.11. The van der Waals surface area contributed by atoms with Gasteiger partial charge in [-0.25, -0.2) is 0 Å². The molecule has 0 aliphatic carbocycles. The summed E-state index contributed by atoms with van der Waals surface area (Å²) < 4.78 is 2.47. The summed E-state index contributed by atoms with van der Waals surface area (Å²) in [6.45, 7) is 8.22. The van der Waals surface area contributed by atoms with E-state index >= 15 is 0 Å². The van der Waals surface area contributed by atoms with Crippen LogP contribution in [0, 0.1) is 0 Å². The molecule has 0 atom stereocenters. The average molecular weight is 352 g/mol. The number of unbranched alkanes of at least 4 members (excludes halogenated alkanes) is 14. The Balaban J connectivity index is 1.80. The van der Waals surface area contributed by atoms with E-state index in [-0.39, 0.29) is 0 Å². The molecule has 0 saturated heterocycles. The summed E-state index contributed by atoms with van der Waals surface area (Å²) in [5.74, 6) is 1.59. The van der Waals surface area contributed by atoms with Crippen molar-refractivity contribution in [3.8, 4) is 0 Å². The molecule has 0 spiro atoms. The van der Waals surface area contributed by atoms with Crippen molar-refractivity contribution in [2.75, 3.05) is 26.7 Å². The molecule has 0 aromatic carbocycles. The quantitative estimate of drug-likeness (QED) is 0.211. The van der Waals surface area contributed by atoms with Crippen molar-refractivity contribution >= 4 is 5.84 Å². The number of hydrogen-bond donors (Lipinski definition) is 0. The third-order valence-electron chi connectivity index (χ3n) is 5.90. The summed E-state index contributed by atoms with van der Waals surface area (Å²) in [5.41, 5.74) is 0. The first kappa shape index (κ1) is 22.5. The molecule has 0 amide bonds. The van der Waals surface area contributed by atoms with Crippen molar-refractivity contribution in [2.45, 2.75) is 117 Å². The maximum atomic E-state index is 2.56.